The summed E-state index contributed by atoms with van der Waals surface area (Å²) in [5.74, 6) is -0.339. The van der Waals surface area contributed by atoms with Crippen molar-refractivity contribution in [3.63, 3.8) is 0 Å². The molecule has 0 aliphatic carbocycles. The molecule has 1 amide bonds. The molecular weight excluding hydrogens is 430 g/mol. The van der Waals surface area contributed by atoms with Crippen LogP contribution in [0.4, 0.5) is 5.69 Å². The van der Waals surface area contributed by atoms with Crippen LogP contribution >= 0.6 is 11.6 Å². The van der Waals surface area contributed by atoms with Crippen molar-refractivity contribution in [2.75, 3.05) is 18.5 Å². The van der Waals surface area contributed by atoms with E-state index in [0.717, 1.165) is 12.0 Å². The Bertz CT molecular complexity index is 1030. The molecule has 7 nitrogen and oxygen atoms in total. The third-order valence-corrected chi connectivity index (χ3v) is 5.48. The van der Waals surface area contributed by atoms with E-state index in [1.807, 2.05) is 53.2 Å². The summed E-state index contributed by atoms with van der Waals surface area (Å²) in [6.07, 6.45) is 6.60. The van der Waals surface area contributed by atoms with Crippen LogP contribution in [0.5, 0.6) is 5.75 Å². The van der Waals surface area contributed by atoms with Gasteiger partial charge in [-0.2, -0.15) is 0 Å². The van der Waals surface area contributed by atoms with E-state index in [2.05, 4.69) is 10.3 Å². The second-order valence-electron chi connectivity index (χ2n) is 7.81. The summed E-state index contributed by atoms with van der Waals surface area (Å²) < 4.78 is 20.5. The van der Waals surface area contributed by atoms with E-state index in [-0.39, 0.29) is 12.0 Å². The standard InChI is InChI=1S/C24H26ClN3O4/c1-18(29)27-22-4-2-3-5-23(22)30-14-21-15-31-24(32-21,16-28-13-12-26-17-28)11-10-19-6-8-20(25)9-7-19/h2-9,12-13,17,21H,10-11,14-16H2,1H3,(H,27,29). The molecule has 2 atom stereocenters. The average molecular weight is 456 g/mol. The van der Waals surface area contributed by atoms with E-state index in [9.17, 15) is 4.79 Å². The molecule has 1 aromatic heterocycles. The zero-order valence-corrected chi connectivity index (χ0v) is 18.6. The Kier molecular flexibility index (Phi) is 7.09. The van der Waals surface area contributed by atoms with Gasteiger partial charge < -0.3 is 24.1 Å². The van der Waals surface area contributed by atoms with E-state index in [0.29, 0.717) is 42.6 Å². The average Bonchev–Trinajstić information content (AvgIpc) is 3.43. The Hall–Kier alpha value is -2.87. The Labute approximate surface area is 192 Å². The highest BCUT2D eigenvalue weighted by molar-refractivity contribution is 6.30. The number of hydrogen-bond donors (Lipinski definition) is 1. The van der Waals surface area contributed by atoms with Crippen LogP contribution in [0.3, 0.4) is 0 Å². The fraction of sp³-hybridized carbons (Fsp3) is 0.333. The Morgan fingerprint density at radius 1 is 1.28 bits per heavy atom. The molecule has 0 saturated carbocycles. The van der Waals surface area contributed by atoms with Crippen LogP contribution < -0.4 is 10.1 Å². The smallest absolute Gasteiger partial charge is 0.221 e. The number of carbonyl (C=O) groups excluding carboxylic acids is 1. The zero-order chi connectivity index (χ0) is 22.4. The number of para-hydroxylation sites is 2. The van der Waals surface area contributed by atoms with Gasteiger partial charge in [0.05, 0.1) is 25.2 Å². The molecule has 1 aliphatic heterocycles. The molecule has 168 valence electrons. The van der Waals surface area contributed by atoms with Gasteiger partial charge in [-0.15, -0.1) is 0 Å². The topological polar surface area (TPSA) is 74.6 Å². The number of nitrogens with one attached hydrogen (secondary N) is 1. The van der Waals surface area contributed by atoms with Crippen molar-refractivity contribution >= 4 is 23.2 Å². The summed E-state index contributed by atoms with van der Waals surface area (Å²) in [7, 11) is 0. The third-order valence-electron chi connectivity index (χ3n) is 5.23. The van der Waals surface area contributed by atoms with Crippen LogP contribution in [0.2, 0.25) is 5.02 Å². The Morgan fingerprint density at radius 3 is 2.84 bits per heavy atom. The third kappa shape index (κ3) is 5.88. The van der Waals surface area contributed by atoms with E-state index < -0.39 is 5.79 Å². The van der Waals surface area contributed by atoms with Gasteiger partial charge in [-0.25, -0.2) is 4.98 Å². The van der Waals surface area contributed by atoms with Gasteiger partial charge in [-0.05, 0) is 36.2 Å². The van der Waals surface area contributed by atoms with Crippen LogP contribution in [0.1, 0.15) is 18.9 Å². The van der Waals surface area contributed by atoms with E-state index in [1.165, 1.54) is 6.92 Å². The number of nitrogens with zero attached hydrogens (tertiary/aromatic N) is 2. The summed E-state index contributed by atoms with van der Waals surface area (Å²) in [6.45, 7) is 2.72. The first-order chi connectivity index (χ1) is 15.5. The van der Waals surface area contributed by atoms with Crippen LogP contribution in [0.15, 0.2) is 67.3 Å². The lowest BCUT2D eigenvalue weighted by Gasteiger charge is -2.28. The van der Waals surface area contributed by atoms with Crippen molar-refractivity contribution < 1.29 is 19.0 Å². The number of aromatic nitrogens is 2. The molecule has 0 bridgehead atoms. The van der Waals surface area contributed by atoms with Crippen molar-refractivity contribution in [1.82, 2.24) is 9.55 Å². The van der Waals surface area contributed by atoms with Crippen molar-refractivity contribution in [3.8, 4) is 5.75 Å². The lowest BCUT2D eigenvalue weighted by atomic mass is 10.0. The monoisotopic (exact) mass is 455 g/mol. The number of amides is 1. The summed E-state index contributed by atoms with van der Waals surface area (Å²) >= 11 is 6.01. The number of benzene rings is 2. The molecular formula is C24H26ClN3O4. The van der Waals surface area contributed by atoms with Crippen LogP contribution in [-0.4, -0.2) is 40.6 Å². The summed E-state index contributed by atoms with van der Waals surface area (Å²) in [5, 5.41) is 3.50. The van der Waals surface area contributed by atoms with Crippen LogP contribution in [0.25, 0.3) is 0 Å². The molecule has 1 N–H and O–H groups in total. The second-order valence-corrected chi connectivity index (χ2v) is 8.25. The summed E-state index contributed by atoms with van der Waals surface area (Å²) in [5.41, 5.74) is 1.79. The SMILES string of the molecule is CC(=O)Nc1ccccc1OCC1COC(CCc2ccc(Cl)cc2)(Cn2ccnc2)O1. The number of ether oxygens (including phenoxy) is 3. The normalized spacial score (nSPS) is 20.2. The molecule has 4 rings (SSSR count). The second kappa shape index (κ2) is 10.2. The van der Waals surface area contributed by atoms with E-state index in [4.69, 9.17) is 25.8 Å². The first-order valence-corrected chi connectivity index (χ1v) is 10.9. The number of anilines is 1. The van der Waals surface area contributed by atoms with Gasteiger partial charge in [-0.3, -0.25) is 4.79 Å². The predicted octanol–water partition coefficient (Wildman–Crippen LogP) is 4.32. The maximum atomic E-state index is 11.4. The quantitative estimate of drug-likeness (QED) is 0.520. The van der Waals surface area contributed by atoms with E-state index >= 15 is 0 Å². The van der Waals surface area contributed by atoms with Gasteiger partial charge in [0, 0.05) is 30.8 Å². The lowest BCUT2D eigenvalue weighted by Crippen LogP contribution is -2.37. The maximum Gasteiger partial charge on any atom is 0.221 e. The minimum Gasteiger partial charge on any atom is -0.489 e. The Balaban J connectivity index is 1.41. The zero-order valence-electron chi connectivity index (χ0n) is 17.9. The molecule has 0 radical (unpaired) electrons. The molecule has 1 saturated heterocycles. The molecule has 2 aromatic carbocycles. The minimum absolute atomic E-state index is 0.150. The van der Waals surface area contributed by atoms with Gasteiger partial charge >= 0.3 is 0 Å². The van der Waals surface area contributed by atoms with Gasteiger partial charge in [0.15, 0.2) is 5.79 Å². The van der Waals surface area contributed by atoms with Crippen molar-refractivity contribution in [2.24, 2.45) is 0 Å². The summed E-state index contributed by atoms with van der Waals surface area (Å²) in [4.78, 5) is 15.6. The van der Waals surface area contributed by atoms with Gasteiger partial charge in [0.1, 0.15) is 18.5 Å². The molecule has 8 heteroatoms. The Morgan fingerprint density at radius 2 is 2.09 bits per heavy atom. The highest BCUT2D eigenvalue weighted by Gasteiger charge is 2.42. The van der Waals surface area contributed by atoms with Crippen LogP contribution in [-0.2, 0) is 27.2 Å². The fourth-order valence-electron chi connectivity index (χ4n) is 3.70. The van der Waals surface area contributed by atoms with Crippen LogP contribution in [0, 0.1) is 0 Å². The predicted molar refractivity (Wildman–Crippen MR) is 122 cm³/mol. The number of halogens is 1. The molecule has 0 spiro atoms. The number of carbonyl (C=O) groups is 1. The van der Waals surface area contributed by atoms with Gasteiger partial charge in [-0.1, -0.05) is 35.9 Å². The number of rotatable bonds is 9. The highest BCUT2D eigenvalue weighted by Crippen LogP contribution is 2.32. The first-order valence-electron chi connectivity index (χ1n) is 10.5. The largest absolute Gasteiger partial charge is 0.489 e. The number of aryl methyl sites for hydroxylation is 1. The van der Waals surface area contributed by atoms with Gasteiger partial charge in [0.25, 0.3) is 0 Å². The number of imidazole rings is 1. The lowest BCUT2D eigenvalue weighted by molar-refractivity contribution is -0.184. The molecule has 3 aromatic rings. The fourth-order valence-corrected chi connectivity index (χ4v) is 3.83. The number of hydrogen-bond acceptors (Lipinski definition) is 5. The summed E-state index contributed by atoms with van der Waals surface area (Å²) in [6, 6.07) is 15.1. The van der Waals surface area contributed by atoms with Gasteiger partial charge in [0.2, 0.25) is 5.91 Å². The molecule has 1 aliphatic rings. The minimum atomic E-state index is -0.786. The van der Waals surface area contributed by atoms with Crippen molar-refractivity contribution in [3.05, 3.63) is 77.8 Å². The molecule has 32 heavy (non-hydrogen) atoms. The molecule has 2 unspecified atom stereocenters. The van der Waals surface area contributed by atoms with Crippen molar-refractivity contribution in [2.45, 2.75) is 38.2 Å². The van der Waals surface area contributed by atoms with Crippen molar-refractivity contribution in [1.29, 1.82) is 0 Å². The molecule has 2 heterocycles. The highest BCUT2D eigenvalue weighted by atomic mass is 35.5. The molecule has 1 fully saturated rings. The van der Waals surface area contributed by atoms with E-state index in [1.54, 1.807) is 18.6 Å². The maximum absolute atomic E-state index is 11.4. The first kappa shape index (κ1) is 22.3.